The van der Waals surface area contributed by atoms with Gasteiger partial charge in [0.05, 0.1) is 11.0 Å². The third-order valence-corrected chi connectivity index (χ3v) is 17.2. The van der Waals surface area contributed by atoms with E-state index in [9.17, 15) is 0 Å². The second-order valence-electron chi connectivity index (χ2n) is 17.7. The predicted octanol–water partition coefficient (Wildman–Crippen LogP) is 15.6. The molecule has 64 heavy (non-hydrogen) atoms. The average molecular weight is 832 g/mol. The molecule has 302 valence electrons. The number of fused-ring (bicyclic) bond motifs is 6. The van der Waals surface area contributed by atoms with Crippen molar-refractivity contribution < 1.29 is 0 Å². The maximum atomic E-state index is 2.53. The molecule has 0 spiro atoms. The van der Waals surface area contributed by atoms with Gasteiger partial charge in [-0.2, -0.15) is 0 Å². The summed E-state index contributed by atoms with van der Waals surface area (Å²) in [6.07, 6.45) is 0. The summed E-state index contributed by atoms with van der Waals surface area (Å²) in [5.41, 5.74) is 21.2. The Morgan fingerprint density at radius 1 is 0.266 bits per heavy atom. The van der Waals surface area contributed by atoms with Crippen LogP contribution in [0, 0.1) is 0 Å². The van der Waals surface area contributed by atoms with Gasteiger partial charge in [-0.05, 0) is 125 Å². The molecule has 10 aromatic carbocycles. The molecular formula is C62H45NSi. The van der Waals surface area contributed by atoms with E-state index < -0.39 is 8.07 Å². The molecule has 0 saturated heterocycles. The normalized spacial score (nSPS) is 12.7. The van der Waals surface area contributed by atoms with E-state index >= 15 is 0 Å². The quantitative estimate of drug-likeness (QED) is 0.141. The first-order valence-corrected chi connectivity index (χ1v) is 25.3. The summed E-state index contributed by atoms with van der Waals surface area (Å²) in [6.45, 7) is 5.06. The summed E-state index contributed by atoms with van der Waals surface area (Å²) in [4.78, 5) is 0. The lowest BCUT2D eigenvalue weighted by Gasteiger charge is -2.20. The number of hydrogen-bond acceptors (Lipinski definition) is 0. The fourth-order valence-corrected chi connectivity index (χ4v) is 13.3. The summed E-state index contributed by atoms with van der Waals surface area (Å²) in [7, 11) is -2.07. The Labute approximate surface area is 376 Å². The van der Waals surface area contributed by atoms with Crippen molar-refractivity contribution in [3.05, 3.63) is 237 Å². The van der Waals surface area contributed by atoms with E-state index in [4.69, 9.17) is 0 Å². The molecule has 11 aromatic rings. The first-order valence-electron chi connectivity index (χ1n) is 22.3. The van der Waals surface area contributed by atoms with Crippen LogP contribution in [0.4, 0.5) is 0 Å². The van der Waals surface area contributed by atoms with E-state index in [1.165, 1.54) is 116 Å². The van der Waals surface area contributed by atoms with E-state index in [1.54, 1.807) is 0 Å². The lowest BCUT2D eigenvalue weighted by Crippen LogP contribution is -2.49. The Hall–Kier alpha value is -7.78. The van der Waals surface area contributed by atoms with Crippen molar-refractivity contribution in [1.82, 2.24) is 4.57 Å². The maximum Gasteiger partial charge on any atom is 0.113 e. The van der Waals surface area contributed by atoms with E-state index in [0.717, 1.165) is 0 Å². The molecule has 1 aromatic heterocycles. The highest BCUT2D eigenvalue weighted by molar-refractivity contribution is 7.03. The van der Waals surface area contributed by atoms with Crippen LogP contribution in [-0.4, -0.2) is 12.6 Å². The standard InChI is InChI=1S/C62H45NSi/c1-64(2)61-40-53(50-28-22-47(23-29-50)44-16-10-5-11-17-44)30-34-55(61)56-35-33-54(41-62(56)64)63-59-36-31-51(48-24-18-45(19-25-48)42-12-6-3-7-13-42)38-57(59)58-39-52(32-37-60(58)63)49-26-20-46(21-27-49)43-14-8-4-9-15-43/h3-41H,1-2H3. The zero-order valence-corrected chi connectivity index (χ0v) is 37.0. The average Bonchev–Trinajstić information content (AvgIpc) is 3.81. The molecule has 0 saturated carbocycles. The predicted molar refractivity (Wildman–Crippen MR) is 276 cm³/mol. The van der Waals surface area contributed by atoms with E-state index in [2.05, 4.69) is 254 Å². The summed E-state index contributed by atoms with van der Waals surface area (Å²) in [5.74, 6) is 0. The number of nitrogens with zero attached hydrogens (tertiary/aromatic N) is 1. The second-order valence-corrected chi connectivity index (χ2v) is 22.1. The van der Waals surface area contributed by atoms with Gasteiger partial charge in [0.15, 0.2) is 0 Å². The van der Waals surface area contributed by atoms with Gasteiger partial charge in [-0.3, -0.25) is 0 Å². The molecule has 2 heterocycles. The van der Waals surface area contributed by atoms with Gasteiger partial charge in [-0.25, -0.2) is 0 Å². The minimum Gasteiger partial charge on any atom is -0.309 e. The maximum absolute atomic E-state index is 2.53. The van der Waals surface area contributed by atoms with Gasteiger partial charge >= 0.3 is 0 Å². The third kappa shape index (κ3) is 6.46. The van der Waals surface area contributed by atoms with Crippen molar-refractivity contribution in [2.24, 2.45) is 0 Å². The number of rotatable bonds is 7. The molecule has 2 heteroatoms. The Morgan fingerprint density at radius 3 is 0.969 bits per heavy atom. The van der Waals surface area contributed by atoms with Crippen LogP contribution in [-0.2, 0) is 0 Å². The summed E-state index contributed by atoms with van der Waals surface area (Å²) in [5, 5.41) is 5.52. The van der Waals surface area contributed by atoms with Crippen molar-refractivity contribution in [2.45, 2.75) is 13.1 Å². The largest absolute Gasteiger partial charge is 0.309 e. The first kappa shape index (κ1) is 37.9. The van der Waals surface area contributed by atoms with E-state index in [-0.39, 0.29) is 0 Å². The van der Waals surface area contributed by atoms with Crippen LogP contribution >= 0.6 is 0 Å². The van der Waals surface area contributed by atoms with Crippen molar-refractivity contribution >= 4 is 40.3 Å². The Kier molecular flexibility index (Phi) is 9.03. The van der Waals surface area contributed by atoms with Crippen LogP contribution < -0.4 is 10.4 Å². The van der Waals surface area contributed by atoms with Gasteiger partial charge < -0.3 is 4.57 Å². The van der Waals surface area contributed by atoms with Gasteiger partial charge in [-0.1, -0.05) is 213 Å². The topological polar surface area (TPSA) is 4.93 Å². The molecule has 0 atom stereocenters. The lowest BCUT2D eigenvalue weighted by atomic mass is 9.97. The molecule has 0 radical (unpaired) electrons. The molecule has 0 amide bonds. The Bertz CT molecular complexity index is 3370. The zero-order valence-electron chi connectivity index (χ0n) is 36.0. The molecule has 12 rings (SSSR count). The molecule has 0 unspecified atom stereocenters. The van der Waals surface area contributed by atoms with Crippen LogP contribution in [0.3, 0.4) is 0 Å². The highest BCUT2D eigenvalue weighted by atomic mass is 28.3. The monoisotopic (exact) mass is 831 g/mol. The van der Waals surface area contributed by atoms with Crippen molar-refractivity contribution in [3.8, 4) is 83.6 Å². The van der Waals surface area contributed by atoms with Crippen LogP contribution in [0.5, 0.6) is 0 Å². The highest BCUT2D eigenvalue weighted by Gasteiger charge is 2.38. The van der Waals surface area contributed by atoms with E-state index in [1.807, 2.05) is 0 Å². The van der Waals surface area contributed by atoms with Crippen molar-refractivity contribution in [2.75, 3.05) is 0 Å². The third-order valence-electron chi connectivity index (χ3n) is 13.7. The summed E-state index contributed by atoms with van der Waals surface area (Å²) < 4.78 is 2.50. The minimum absolute atomic E-state index is 1.21. The second kappa shape index (κ2) is 15.2. The zero-order chi connectivity index (χ0) is 42.8. The SMILES string of the molecule is C[Si]1(C)c2cc(-c3ccc(-c4ccccc4)cc3)ccc2-c2ccc(-n3c4ccc(-c5ccc(-c6ccccc6)cc5)cc4c4cc(-c5ccc(-c6ccccc6)cc5)ccc43)cc21. The van der Waals surface area contributed by atoms with Crippen LogP contribution in [0.1, 0.15) is 0 Å². The molecular weight excluding hydrogens is 787 g/mol. The fraction of sp³-hybridized carbons (Fsp3) is 0.0323. The smallest absolute Gasteiger partial charge is 0.113 e. The number of aromatic nitrogens is 1. The van der Waals surface area contributed by atoms with Crippen molar-refractivity contribution in [1.29, 1.82) is 0 Å². The van der Waals surface area contributed by atoms with Gasteiger partial charge in [-0.15, -0.1) is 0 Å². The molecule has 1 nitrogen and oxygen atoms in total. The fourth-order valence-electron chi connectivity index (χ4n) is 10.2. The molecule has 0 bridgehead atoms. The minimum atomic E-state index is -2.07. The van der Waals surface area contributed by atoms with Gasteiger partial charge in [0.2, 0.25) is 0 Å². The van der Waals surface area contributed by atoms with Gasteiger partial charge in [0.25, 0.3) is 0 Å². The molecule has 1 aliphatic heterocycles. The molecule has 0 fully saturated rings. The first-order chi connectivity index (χ1) is 31.5. The summed E-state index contributed by atoms with van der Waals surface area (Å²) in [6, 6.07) is 87.5. The van der Waals surface area contributed by atoms with E-state index in [0.29, 0.717) is 0 Å². The van der Waals surface area contributed by atoms with Crippen LogP contribution in [0.15, 0.2) is 237 Å². The summed E-state index contributed by atoms with van der Waals surface area (Å²) >= 11 is 0. The van der Waals surface area contributed by atoms with Crippen LogP contribution in [0.2, 0.25) is 13.1 Å². The Balaban J connectivity index is 0.951. The van der Waals surface area contributed by atoms with Crippen molar-refractivity contribution in [3.63, 3.8) is 0 Å². The molecule has 0 aliphatic carbocycles. The molecule has 1 aliphatic rings. The Morgan fingerprint density at radius 2 is 0.562 bits per heavy atom. The van der Waals surface area contributed by atoms with Gasteiger partial charge in [0.1, 0.15) is 8.07 Å². The number of benzene rings is 10. The van der Waals surface area contributed by atoms with Gasteiger partial charge in [0, 0.05) is 16.5 Å². The van der Waals surface area contributed by atoms with Crippen LogP contribution in [0.25, 0.3) is 105 Å². The molecule has 0 N–H and O–H groups in total. The number of hydrogen-bond donors (Lipinski definition) is 0. The lowest BCUT2D eigenvalue weighted by molar-refractivity contribution is 1.18. The highest BCUT2D eigenvalue weighted by Crippen LogP contribution is 2.40.